The van der Waals surface area contributed by atoms with Crippen LogP contribution in [-0.4, -0.2) is 20.8 Å². The maximum absolute atomic E-state index is 5.39. The van der Waals surface area contributed by atoms with Crippen molar-refractivity contribution in [3.05, 3.63) is 35.9 Å². The van der Waals surface area contributed by atoms with Gasteiger partial charge in [-0.15, -0.1) is 0 Å². The first-order valence-corrected chi connectivity index (χ1v) is 5.74. The number of benzene rings is 1. The van der Waals surface area contributed by atoms with Gasteiger partial charge in [0.2, 0.25) is 0 Å². The van der Waals surface area contributed by atoms with Crippen LogP contribution in [0, 0.1) is 0 Å². The van der Waals surface area contributed by atoms with Gasteiger partial charge in [0.05, 0.1) is 20.3 Å². The maximum Gasteiger partial charge on any atom is 0.124 e. The number of hydrogen-bond acceptors (Lipinski definition) is 3. The van der Waals surface area contributed by atoms with Crippen LogP contribution in [-0.2, 0) is 0 Å². The van der Waals surface area contributed by atoms with Crippen molar-refractivity contribution in [2.45, 2.75) is 19.9 Å². The molecule has 0 aliphatic rings. The smallest absolute Gasteiger partial charge is 0.124 e. The molecule has 94 valence electrons. The second-order valence-electron chi connectivity index (χ2n) is 3.94. The zero-order valence-corrected chi connectivity index (χ0v) is 11.0. The summed E-state index contributed by atoms with van der Waals surface area (Å²) in [4.78, 5) is 0. The topological polar surface area (TPSA) is 30.5 Å². The zero-order valence-electron chi connectivity index (χ0n) is 11.0. The highest BCUT2D eigenvalue weighted by Crippen LogP contribution is 2.32. The van der Waals surface area contributed by atoms with Gasteiger partial charge in [0, 0.05) is 5.56 Å². The van der Waals surface area contributed by atoms with Crippen molar-refractivity contribution in [2.75, 3.05) is 20.8 Å². The van der Waals surface area contributed by atoms with Crippen LogP contribution in [0.15, 0.2) is 30.4 Å². The molecule has 0 aliphatic carbocycles. The van der Waals surface area contributed by atoms with E-state index in [9.17, 15) is 0 Å². The number of rotatable bonds is 6. The predicted molar refractivity (Wildman–Crippen MR) is 70.8 cm³/mol. The Balaban J connectivity index is 3.18. The molecule has 3 heteroatoms. The Labute approximate surface area is 103 Å². The lowest BCUT2D eigenvalue weighted by atomic mass is 9.99. The molecule has 1 N–H and O–H groups in total. The molecular weight excluding hydrogens is 214 g/mol. The maximum atomic E-state index is 5.39. The Morgan fingerprint density at radius 3 is 2.53 bits per heavy atom. The van der Waals surface area contributed by atoms with Gasteiger partial charge >= 0.3 is 0 Å². The average Bonchev–Trinajstić information content (AvgIpc) is 2.34. The predicted octanol–water partition coefficient (Wildman–Crippen LogP) is 2.93. The highest BCUT2D eigenvalue weighted by Gasteiger charge is 2.16. The molecule has 0 fully saturated rings. The van der Waals surface area contributed by atoms with Crippen LogP contribution in [0.3, 0.4) is 0 Å². The molecule has 17 heavy (non-hydrogen) atoms. The summed E-state index contributed by atoms with van der Waals surface area (Å²) >= 11 is 0. The fourth-order valence-electron chi connectivity index (χ4n) is 1.82. The molecule has 0 amide bonds. The third-order valence-corrected chi connectivity index (χ3v) is 2.65. The molecule has 0 bridgehead atoms. The summed E-state index contributed by atoms with van der Waals surface area (Å²) < 4.78 is 10.6. The van der Waals surface area contributed by atoms with Crippen LogP contribution < -0.4 is 14.8 Å². The second kappa shape index (κ2) is 6.30. The molecule has 0 heterocycles. The van der Waals surface area contributed by atoms with E-state index in [2.05, 4.69) is 18.8 Å². The van der Waals surface area contributed by atoms with E-state index in [-0.39, 0.29) is 6.04 Å². The first kappa shape index (κ1) is 13.6. The molecule has 0 saturated heterocycles. The lowest BCUT2D eigenvalue weighted by Gasteiger charge is -2.21. The second-order valence-corrected chi connectivity index (χ2v) is 3.94. The first-order chi connectivity index (χ1) is 8.13. The van der Waals surface area contributed by atoms with Crippen molar-refractivity contribution in [1.29, 1.82) is 0 Å². The third-order valence-electron chi connectivity index (χ3n) is 2.65. The van der Waals surface area contributed by atoms with Gasteiger partial charge < -0.3 is 14.8 Å². The summed E-state index contributed by atoms with van der Waals surface area (Å²) in [7, 11) is 3.33. The van der Waals surface area contributed by atoms with Gasteiger partial charge in [-0.1, -0.05) is 19.1 Å². The molecule has 0 radical (unpaired) electrons. The van der Waals surface area contributed by atoms with Crippen molar-refractivity contribution in [3.8, 4) is 11.5 Å². The molecular formula is C14H21NO2. The van der Waals surface area contributed by atoms with Crippen LogP contribution in [0.4, 0.5) is 0 Å². The molecule has 1 aromatic carbocycles. The Kier molecular flexibility index (Phi) is 5.04. The fraction of sp³-hybridized carbons (Fsp3) is 0.429. The lowest BCUT2D eigenvalue weighted by Crippen LogP contribution is -2.22. The van der Waals surface area contributed by atoms with Gasteiger partial charge in [0.1, 0.15) is 11.5 Å². The summed E-state index contributed by atoms with van der Waals surface area (Å²) in [5, 5.41) is 3.39. The van der Waals surface area contributed by atoms with Gasteiger partial charge in [0.25, 0.3) is 0 Å². The molecule has 0 aliphatic heterocycles. The Bertz CT molecular complexity index is 388. The van der Waals surface area contributed by atoms with Gasteiger partial charge in [-0.05, 0) is 31.7 Å². The van der Waals surface area contributed by atoms with E-state index in [0.717, 1.165) is 29.2 Å². The molecule has 1 aromatic rings. The molecule has 0 saturated carbocycles. The number of likely N-dealkylation sites (N-methyl/N-ethyl adjacent to an activating group) is 1. The van der Waals surface area contributed by atoms with Crippen molar-refractivity contribution >= 4 is 0 Å². The van der Waals surface area contributed by atoms with Crippen molar-refractivity contribution < 1.29 is 9.47 Å². The van der Waals surface area contributed by atoms with E-state index in [4.69, 9.17) is 9.47 Å². The van der Waals surface area contributed by atoms with E-state index in [1.807, 2.05) is 25.1 Å². The standard InChI is InChI=1S/C14H21NO2/c1-6-15-14(10(2)3)12-9-11(16-4)7-8-13(12)17-5/h7-9,14-15H,2,6H2,1,3-5H3. The number of nitrogens with one attached hydrogen (secondary N) is 1. The van der Waals surface area contributed by atoms with Crippen molar-refractivity contribution in [1.82, 2.24) is 5.32 Å². The van der Waals surface area contributed by atoms with Crippen molar-refractivity contribution in [2.24, 2.45) is 0 Å². The minimum atomic E-state index is 0.0880. The summed E-state index contributed by atoms with van der Waals surface area (Å²) in [5.74, 6) is 1.67. The largest absolute Gasteiger partial charge is 0.497 e. The van der Waals surface area contributed by atoms with E-state index in [1.165, 1.54) is 0 Å². The van der Waals surface area contributed by atoms with E-state index >= 15 is 0 Å². The summed E-state index contributed by atoms with van der Waals surface area (Å²) in [6.45, 7) is 8.97. The van der Waals surface area contributed by atoms with Crippen LogP contribution >= 0.6 is 0 Å². The number of hydrogen-bond donors (Lipinski definition) is 1. The molecule has 1 atom stereocenters. The van der Waals surface area contributed by atoms with Crippen LogP contribution in [0.5, 0.6) is 11.5 Å². The van der Waals surface area contributed by atoms with Crippen LogP contribution in [0.1, 0.15) is 25.5 Å². The fourth-order valence-corrected chi connectivity index (χ4v) is 1.82. The molecule has 0 aromatic heterocycles. The number of ether oxygens (including phenoxy) is 2. The van der Waals surface area contributed by atoms with E-state index in [0.29, 0.717) is 0 Å². The highest BCUT2D eigenvalue weighted by molar-refractivity contribution is 5.44. The average molecular weight is 235 g/mol. The normalized spacial score (nSPS) is 12.0. The molecule has 0 spiro atoms. The molecule has 1 unspecified atom stereocenters. The minimum Gasteiger partial charge on any atom is -0.497 e. The highest BCUT2D eigenvalue weighted by atomic mass is 16.5. The quantitative estimate of drug-likeness (QED) is 0.769. The van der Waals surface area contributed by atoms with Gasteiger partial charge in [0.15, 0.2) is 0 Å². The minimum absolute atomic E-state index is 0.0880. The first-order valence-electron chi connectivity index (χ1n) is 5.74. The van der Waals surface area contributed by atoms with Crippen LogP contribution in [0.2, 0.25) is 0 Å². The SMILES string of the molecule is C=C(C)C(NCC)c1cc(OC)ccc1OC. The summed E-state index contributed by atoms with van der Waals surface area (Å²) in [5.41, 5.74) is 2.11. The van der Waals surface area contributed by atoms with Gasteiger partial charge in [-0.3, -0.25) is 0 Å². The third kappa shape index (κ3) is 3.24. The molecule has 3 nitrogen and oxygen atoms in total. The monoisotopic (exact) mass is 235 g/mol. The zero-order chi connectivity index (χ0) is 12.8. The molecule has 1 rings (SSSR count). The summed E-state index contributed by atoms with van der Waals surface area (Å²) in [6.07, 6.45) is 0. The summed E-state index contributed by atoms with van der Waals surface area (Å²) in [6, 6.07) is 5.89. The Morgan fingerprint density at radius 2 is 2.06 bits per heavy atom. The number of methoxy groups -OCH3 is 2. The van der Waals surface area contributed by atoms with Gasteiger partial charge in [-0.2, -0.15) is 0 Å². The Hall–Kier alpha value is -1.48. The van der Waals surface area contributed by atoms with E-state index < -0.39 is 0 Å². The Morgan fingerprint density at radius 1 is 1.35 bits per heavy atom. The van der Waals surface area contributed by atoms with Crippen molar-refractivity contribution in [3.63, 3.8) is 0 Å². The lowest BCUT2D eigenvalue weighted by molar-refractivity contribution is 0.394. The van der Waals surface area contributed by atoms with Crippen LogP contribution in [0.25, 0.3) is 0 Å². The van der Waals surface area contributed by atoms with E-state index in [1.54, 1.807) is 14.2 Å². The van der Waals surface area contributed by atoms with Gasteiger partial charge in [-0.25, -0.2) is 0 Å².